The maximum Gasteiger partial charge on any atom is 0.250 e. The molecule has 0 saturated carbocycles. The fraction of sp³-hybridized carbons (Fsp3) is 0.333. The molecule has 0 radical (unpaired) electrons. The van der Waals surface area contributed by atoms with Crippen molar-refractivity contribution in [3.05, 3.63) is 54.1 Å². The van der Waals surface area contributed by atoms with Gasteiger partial charge in [0.1, 0.15) is 11.3 Å². The van der Waals surface area contributed by atoms with Crippen molar-refractivity contribution >= 4 is 23.2 Å². The number of fused-ring (bicyclic) bond motifs is 1. The fourth-order valence-corrected chi connectivity index (χ4v) is 3.38. The van der Waals surface area contributed by atoms with Crippen LogP contribution in [0.25, 0.3) is 0 Å². The van der Waals surface area contributed by atoms with E-state index in [0.717, 1.165) is 17.0 Å². The van der Waals surface area contributed by atoms with Gasteiger partial charge in [0.25, 0.3) is 0 Å². The molecule has 0 aromatic heterocycles. The highest BCUT2D eigenvalue weighted by Gasteiger charge is 2.43. The van der Waals surface area contributed by atoms with Gasteiger partial charge in [0, 0.05) is 12.1 Å². The molecule has 0 atom stereocenters. The number of rotatable bonds is 5. The van der Waals surface area contributed by atoms with Crippen molar-refractivity contribution in [1.82, 2.24) is 4.90 Å². The van der Waals surface area contributed by atoms with E-state index in [1.165, 1.54) is 0 Å². The van der Waals surface area contributed by atoms with E-state index in [2.05, 4.69) is 5.32 Å². The van der Waals surface area contributed by atoms with Gasteiger partial charge in [-0.25, -0.2) is 0 Å². The van der Waals surface area contributed by atoms with Gasteiger partial charge in [0.05, 0.1) is 25.0 Å². The van der Waals surface area contributed by atoms with Gasteiger partial charge in [-0.2, -0.15) is 0 Å². The Kier molecular flexibility index (Phi) is 5.19. The smallest absolute Gasteiger partial charge is 0.250 e. The van der Waals surface area contributed by atoms with E-state index in [1.54, 1.807) is 31.9 Å². The zero-order valence-electron chi connectivity index (χ0n) is 16.2. The highest BCUT2D eigenvalue weighted by Crippen LogP contribution is 2.36. The third-order valence-electron chi connectivity index (χ3n) is 4.80. The van der Waals surface area contributed by atoms with Crippen LogP contribution in [0.15, 0.2) is 48.5 Å². The van der Waals surface area contributed by atoms with E-state index in [1.807, 2.05) is 54.4 Å². The summed E-state index contributed by atoms with van der Waals surface area (Å²) in [6, 6.07) is 15.1. The van der Waals surface area contributed by atoms with Crippen molar-refractivity contribution in [1.29, 1.82) is 0 Å². The molecule has 0 fully saturated rings. The van der Waals surface area contributed by atoms with Gasteiger partial charge in [-0.15, -0.1) is 0 Å². The molecular weight excluding hydrogens is 342 g/mol. The standard InChI is InChI=1S/C21H25N3O3/c1-21(2)20(26)22-16-10-6-7-11-17(16)24(21)19(25)14-23(3)13-15-9-5-8-12-18(15)27-4/h5-12H,13-14H2,1-4H3,(H,22,26). The predicted molar refractivity (Wildman–Crippen MR) is 106 cm³/mol. The first-order valence-electron chi connectivity index (χ1n) is 8.88. The minimum absolute atomic E-state index is 0.125. The average Bonchev–Trinajstić information content (AvgIpc) is 2.62. The molecule has 0 aliphatic carbocycles. The normalized spacial score (nSPS) is 15.3. The Bertz CT molecular complexity index is 863. The quantitative estimate of drug-likeness (QED) is 0.883. The first-order valence-corrected chi connectivity index (χ1v) is 8.88. The molecule has 27 heavy (non-hydrogen) atoms. The molecule has 0 spiro atoms. The topological polar surface area (TPSA) is 61.9 Å². The maximum absolute atomic E-state index is 13.2. The van der Waals surface area contributed by atoms with Crippen LogP contribution in [0, 0.1) is 0 Å². The van der Waals surface area contributed by atoms with Gasteiger partial charge in [-0.05, 0) is 39.1 Å². The number of hydrogen-bond donors (Lipinski definition) is 1. The Balaban J connectivity index is 1.81. The summed E-state index contributed by atoms with van der Waals surface area (Å²) < 4.78 is 5.39. The van der Waals surface area contributed by atoms with Crippen molar-refractivity contribution < 1.29 is 14.3 Å². The number of para-hydroxylation sites is 3. The van der Waals surface area contributed by atoms with Crippen molar-refractivity contribution in [3.8, 4) is 5.75 Å². The average molecular weight is 367 g/mol. The predicted octanol–water partition coefficient (Wildman–Crippen LogP) is 2.89. The minimum Gasteiger partial charge on any atom is -0.496 e. The number of ether oxygens (including phenoxy) is 1. The molecule has 0 unspecified atom stereocenters. The second-order valence-corrected chi connectivity index (χ2v) is 7.24. The van der Waals surface area contributed by atoms with Gasteiger partial charge >= 0.3 is 0 Å². The molecule has 1 aliphatic rings. The minimum atomic E-state index is -0.962. The monoisotopic (exact) mass is 367 g/mol. The van der Waals surface area contributed by atoms with Crippen LogP contribution in [0.2, 0.25) is 0 Å². The van der Waals surface area contributed by atoms with E-state index in [-0.39, 0.29) is 18.4 Å². The van der Waals surface area contributed by atoms with Gasteiger partial charge in [-0.3, -0.25) is 19.4 Å². The Morgan fingerprint density at radius 1 is 1.15 bits per heavy atom. The van der Waals surface area contributed by atoms with Crippen LogP contribution in [0.4, 0.5) is 11.4 Å². The van der Waals surface area contributed by atoms with E-state index in [0.29, 0.717) is 12.2 Å². The number of hydrogen-bond acceptors (Lipinski definition) is 4. The van der Waals surface area contributed by atoms with Gasteiger partial charge in [-0.1, -0.05) is 30.3 Å². The summed E-state index contributed by atoms with van der Waals surface area (Å²) in [5.74, 6) is 0.474. The van der Waals surface area contributed by atoms with E-state index in [4.69, 9.17) is 4.74 Å². The number of carbonyl (C=O) groups is 2. The first kappa shape index (κ1) is 18.9. The summed E-state index contributed by atoms with van der Waals surface area (Å²) in [7, 11) is 3.52. The Morgan fingerprint density at radius 3 is 2.56 bits per heavy atom. The lowest BCUT2D eigenvalue weighted by Crippen LogP contribution is -2.60. The largest absolute Gasteiger partial charge is 0.496 e. The van der Waals surface area contributed by atoms with E-state index < -0.39 is 5.54 Å². The van der Waals surface area contributed by atoms with Gasteiger partial charge in [0.15, 0.2) is 0 Å². The summed E-state index contributed by atoms with van der Waals surface area (Å²) in [5, 5.41) is 2.88. The summed E-state index contributed by atoms with van der Waals surface area (Å²) in [4.78, 5) is 29.2. The molecule has 2 amide bonds. The molecule has 1 N–H and O–H groups in total. The maximum atomic E-state index is 13.2. The number of anilines is 2. The highest BCUT2D eigenvalue weighted by molar-refractivity contribution is 6.14. The first-order chi connectivity index (χ1) is 12.8. The van der Waals surface area contributed by atoms with Crippen LogP contribution in [0.5, 0.6) is 5.75 Å². The van der Waals surface area contributed by atoms with Crippen LogP contribution < -0.4 is 15.0 Å². The molecule has 142 valence electrons. The van der Waals surface area contributed by atoms with Crippen molar-refractivity contribution in [3.63, 3.8) is 0 Å². The van der Waals surface area contributed by atoms with Crippen molar-refractivity contribution in [2.45, 2.75) is 25.9 Å². The Labute approximate surface area is 159 Å². The number of nitrogens with zero attached hydrogens (tertiary/aromatic N) is 2. The number of methoxy groups -OCH3 is 1. The van der Waals surface area contributed by atoms with Crippen LogP contribution in [0.3, 0.4) is 0 Å². The molecule has 6 nitrogen and oxygen atoms in total. The summed E-state index contributed by atoms with van der Waals surface area (Å²) in [6.07, 6.45) is 0. The number of nitrogens with one attached hydrogen (secondary N) is 1. The van der Waals surface area contributed by atoms with Crippen LogP contribution in [0.1, 0.15) is 19.4 Å². The molecule has 0 saturated heterocycles. The molecule has 1 aliphatic heterocycles. The SMILES string of the molecule is COc1ccccc1CN(C)CC(=O)N1c2ccccc2NC(=O)C1(C)C. The Hall–Kier alpha value is -2.86. The summed E-state index contributed by atoms with van der Waals surface area (Å²) in [6.45, 7) is 4.27. The third-order valence-corrected chi connectivity index (χ3v) is 4.80. The summed E-state index contributed by atoms with van der Waals surface area (Å²) in [5.41, 5.74) is 1.42. The third kappa shape index (κ3) is 3.66. The summed E-state index contributed by atoms with van der Waals surface area (Å²) >= 11 is 0. The number of likely N-dealkylation sites (N-methyl/N-ethyl adjacent to an activating group) is 1. The van der Waals surface area contributed by atoms with E-state index >= 15 is 0 Å². The number of amides is 2. The molecule has 1 heterocycles. The Morgan fingerprint density at radius 2 is 1.81 bits per heavy atom. The van der Waals surface area contributed by atoms with Gasteiger partial charge < -0.3 is 10.1 Å². The van der Waals surface area contributed by atoms with Crippen molar-refractivity contribution in [2.75, 3.05) is 30.9 Å². The molecule has 6 heteroatoms. The van der Waals surface area contributed by atoms with Crippen LogP contribution in [-0.4, -0.2) is 43.0 Å². The molecule has 0 bridgehead atoms. The highest BCUT2D eigenvalue weighted by atomic mass is 16.5. The van der Waals surface area contributed by atoms with Crippen LogP contribution in [-0.2, 0) is 16.1 Å². The lowest BCUT2D eigenvalue weighted by atomic mass is 9.96. The molecular formula is C21H25N3O3. The zero-order valence-corrected chi connectivity index (χ0v) is 16.2. The lowest BCUT2D eigenvalue weighted by molar-refractivity contribution is -0.127. The number of benzene rings is 2. The van der Waals surface area contributed by atoms with Gasteiger partial charge in [0.2, 0.25) is 11.8 Å². The fourth-order valence-electron chi connectivity index (χ4n) is 3.38. The second-order valence-electron chi connectivity index (χ2n) is 7.24. The lowest BCUT2D eigenvalue weighted by Gasteiger charge is -2.42. The number of carbonyl (C=O) groups excluding carboxylic acids is 2. The second kappa shape index (κ2) is 7.40. The molecule has 2 aromatic rings. The van der Waals surface area contributed by atoms with Crippen molar-refractivity contribution in [2.24, 2.45) is 0 Å². The zero-order chi connectivity index (χ0) is 19.6. The van der Waals surface area contributed by atoms with Crippen LogP contribution >= 0.6 is 0 Å². The molecule has 3 rings (SSSR count). The molecule has 2 aromatic carbocycles. The van der Waals surface area contributed by atoms with E-state index in [9.17, 15) is 9.59 Å².